The lowest BCUT2D eigenvalue weighted by atomic mass is 10.2. The first-order chi connectivity index (χ1) is 6.22. The highest BCUT2D eigenvalue weighted by Gasteiger charge is 2.04. The molecule has 0 aliphatic carbocycles. The van der Waals surface area contributed by atoms with Gasteiger partial charge < -0.3 is 4.98 Å². The summed E-state index contributed by atoms with van der Waals surface area (Å²) in [6.45, 7) is 4.05. The van der Waals surface area contributed by atoms with Crippen molar-refractivity contribution < 1.29 is 0 Å². The summed E-state index contributed by atoms with van der Waals surface area (Å²) >= 11 is 0. The van der Waals surface area contributed by atoms with Gasteiger partial charge in [-0.3, -0.25) is 0 Å². The Bertz CT molecular complexity index is 503. The lowest BCUT2D eigenvalue weighted by molar-refractivity contribution is 1.24. The van der Waals surface area contributed by atoms with Gasteiger partial charge in [-0.15, -0.1) is 0 Å². The van der Waals surface area contributed by atoms with E-state index in [-0.39, 0.29) is 0 Å². The summed E-state index contributed by atoms with van der Waals surface area (Å²) in [5.74, 6) is 0. The van der Waals surface area contributed by atoms with Crippen LogP contribution in [0.2, 0.25) is 0 Å². The molecule has 2 aromatic heterocycles. The van der Waals surface area contributed by atoms with Crippen LogP contribution in [0.15, 0.2) is 12.3 Å². The fraction of sp³-hybridized carbons (Fsp3) is 0.200. The maximum Gasteiger partial charge on any atom is 0.141 e. The van der Waals surface area contributed by atoms with Crippen LogP contribution in [0.25, 0.3) is 10.9 Å². The van der Waals surface area contributed by atoms with Crippen molar-refractivity contribution in [2.24, 2.45) is 0 Å². The van der Waals surface area contributed by atoms with Crippen LogP contribution in [0.5, 0.6) is 0 Å². The van der Waals surface area contributed by atoms with E-state index in [9.17, 15) is 0 Å². The Morgan fingerprint density at radius 3 is 2.92 bits per heavy atom. The molecule has 0 saturated heterocycles. The SMILES string of the molecule is Cc1[nH]c2cnc(C#N)cc2c1C. The normalized spacial score (nSPS) is 10.2. The van der Waals surface area contributed by atoms with Gasteiger partial charge in [0.25, 0.3) is 0 Å². The van der Waals surface area contributed by atoms with Crippen LogP contribution in [0.1, 0.15) is 17.0 Å². The molecule has 0 amide bonds. The zero-order chi connectivity index (χ0) is 9.42. The van der Waals surface area contributed by atoms with Crippen molar-refractivity contribution >= 4 is 10.9 Å². The predicted molar refractivity (Wildman–Crippen MR) is 50.3 cm³/mol. The fourth-order valence-corrected chi connectivity index (χ4v) is 1.42. The zero-order valence-electron chi connectivity index (χ0n) is 7.55. The number of rotatable bonds is 0. The number of aromatic amines is 1. The fourth-order valence-electron chi connectivity index (χ4n) is 1.42. The average Bonchev–Trinajstić information content (AvgIpc) is 2.43. The van der Waals surface area contributed by atoms with E-state index in [0.29, 0.717) is 5.69 Å². The second-order valence-corrected chi connectivity index (χ2v) is 3.10. The zero-order valence-corrected chi connectivity index (χ0v) is 7.55. The third-order valence-corrected chi connectivity index (χ3v) is 2.31. The predicted octanol–water partition coefficient (Wildman–Crippen LogP) is 2.05. The largest absolute Gasteiger partial charge is 0.357 e. The highest BCUT2D eigenvalue weighted by molar-refractivity contribution is 5.84. The molecule has 13 heavy (non-hydrogen) atoms. The van der Waals surface area contributed by atoms with Gasteiger partial charge in [0.05, 0.1) is 11.7 Å². The molecule has 64 valence electrons. The van der Waals surface area contributed by atoms with Crippen LogP contribution in [0, 0.1) is 25.2 Å². The Labute approximate surface area is 76.0 Å². The molecule has 3 heteroatoms. The van der Waals surface area contributed by atoms with Crippen molar-refractivity contribution in [3.8, 4) is 6.07 Å². The molecular formula is C10H9N3. The van der Waals surface area contributed by atoms with Crippen molar-refractivity contribution in [3.05, 3.63) is 29.2 Å². The van der Waals surface area contributed by atoms with Crippen LogP contribution in [-0.2, 0) is 0 Å². The summed E-state index contributed by atoms with van der Waals surface area (Å²) in [5.41, 5.74) is 3.78. The standard InChI is InChI=1S/C10H9N3/c1-6-7(2)13-10-5-12-8(4-11)3-9(6)10/h3,5,13H,1-2H3. The van der Waals surface area contributed by atoms with Crippen LogP contribution >= 0.6 is 0 Å². The van der Waals surface area contributed by atoms with E-state index >= 15 is 0 Å². The van der Waals surface area contributed by atoms with Gasteiger partial charge in [0, 0.05) is 11.1 Å². The summed E-state index contributed by atoms with van der Waals surface area (Å²) in [7, 11) is 0. The molecule has 2 rings (SSSR count). The van der Waals surface area contributed by atoms with Crippen LogP contribution in [0.3, 0.4) is 0 Å². The maximum atomic E-state index is 8.67. The number of nitrogens with one attached hydrogen (secondary N) is 1. The number of pyridine rings is 1. The highest BCUT2D eigenvalue weighted by Crippen LogP contribution is 2.20. The van der Waals surface area contributed by atoms with Crippen LogP contribution in [0.4, 0.5) is 0 Å². The third-order valence-electron chi connectivity index (χ3n) is 2.31. The van der Waals surface area contributed by atoms with Crippen LogP contribution < -0.4 is 0 Å². The molecule has 0 aliphatic rings. The van der Waals surface area contributed by atoms with Gasteiger partial charge in [0.15, 0.2) is 0 Å². The van der Waals surface area contributed by atoms with Gasteiger partial charge in [0.1, 0.15) is 11.8 Å². The van der Waals surface area contributed by atoms with Gasteiger partial charge in [0.2, 0.25) is 0 Å². The topological polar surface area (TPSA) is 52.5 Å². The Hall–Kier alpha value is -1.82. The van der Waals surface area contributed by atoms with Crippen LogP contribution in [-0.4, -0.2) is 9.97 Å². The smallest absolute Gasteiger partial charge is 0.141 e. The summed E-state index contributed by atoms with van der Waals surface area (Å²) in [4.78, 5) is 7.19. The minimum absolute atomic E-state index is 0.467. The molecule has 2 aromatic rings. The third kappa shape index (κ3) is 1.07. The number of aryl methyl sites for hydroxylation is 2. The Morgan fingerprint density at radius 1 is 1.46 bits per heavy atom. The van der Waals surface area contributed by atoms with E-state index in [1.54, 1.807) is 6.20 Å². The van der Waals surface area contributed by atoms with Gasteiger partial charge in [-0.25, -0.2) is 4.98 Å². The summed E-state index contributed by atoms with van der Waals surface area (Å²) < 4.78 is 0. The second kappa shape index (κ2) is 2.60. The van der Waals surface area contributed by atoms with E-state index < -0.39 is 0 Å². The number of H-pyrrole nitrogens is 1. The lowest BCUT2D eigenvalue weighted by Gasteiger charge is -1.91. The molecule has 0 aliphatic heterocycles. The highest BCUT2D eigenvalue weighted by atomic mass is 14.8. The van der Waals surface area contributed by atoms with Crippen molar-refractivity contribution in [2.75, 3.05) is 0 Å². The van der Waals surface area contributed by atoms with Crippen molar-refractivity contribution in [2.45, 2.75) is 13.8 Å². The molecule has 0 fully saturated rings. The molecule has 0 atom stereocenters. The number of hydrogen-bond donors (Lipinski definition) is 1. The number of fused-ring (bicyclic) bond motifs is 1. The first-order valence-electron chi connectivity index (χ1n) is 4.07. The molecule has 0 unspecified atom stereocenters. The van der Waals surface area contributed by atoms with E-state index in [2.05, 4.69) is 9.97 Å². The van der Waals surface area contributed by atoms with E-state index in [1.807, 2.05) is 26.0 Å². The maximum absolute atomic E-state index is 8.67. The van der Waals surface area contributed by atoms with Gasteiger partial charge in [-0.1, -0.05) is 0 Å². The molecule has 0 bridgehead atoms. The Kier molecular flexibility index (Phi) is 1.56. The minimum Gasteiger partial charge on any atom is -0.357 e. The lowest BCUT2D eigenvalue weighted by Crippen LogP contribution is -1.80. The van der Waals surface area contributed by atoms with E-state index in [1.165, 1.54) is 5.56 Å². The van der Waals surface area contributed by atoms with Gasteiger partial charge >= 0.3 is 0 Å². The number of nitrogens with zero attached hydrogens (tertiary/aromatic N) is 2. The Balaban J connectivity index is 2.84. The molecule has 1 N–H and O–H groups in total. The number of nitriles is 1. The second-order valence-electron chi connectivity index (χ2n) is 3.10. The van der Waals surface area contributed by atoms with Crippen molar-refractivity contribution in [1.29, 1.82) is 5.26 Å². The molecule has 0 aromatic carbocycles. The molecule has 3 nitrogen and oxygen atoms in total. The van der Waals surface area contributed by atoms with E-state index in [0.717, 1.165) is 16.6 Å². The monoisotopic (exact) mass is 171 g/mol. The van der Waals surface area contributed by atoms with E-state index in [4.69, 9.17) is 5.26 Å². The first kappa shape index (κ1) is 7.81. The van der Waals surface area contributed by atoms with Crippen molar-refractivity contribution in [3.63, 3.8) is 0 Å². The summed E-state index contributed by atoms with van der Waals surface area (Å²) in [5, 5.41) is 9.76. The first-order valence-corrected chi connectivity index (χ1v) is 4.07. The van der Waals surface area contributed by atoms with Gasteiger partial charge in [-0.2, -0.15) is 5.26 Å². The number of aromatic nitrogens is 2. The molecular weight excluding hydrogens is 162 g/mol. The quantitative estimate of drug-likeness (QED) is 0.659. The molecule has 0 spiro atoms. The minimum atomic E-state index is 0.467. The molecule has 2 heterocycles. The average molecular weight is 171 g/mol. The summed E-state index contributed by atoms with van der Waals surface area (Å²) in [6, 6.07) is 3.84. The molecule has 0 saturated carbocycles. The molecule has 0 radical (unpaired) electrons. The van der Waals surface area contributed by atoms with Crippen molar-refractivity contribution in [1.82, 2.24) is 9.97 Å². The van der Waals surface area contributed by atoms with Gasteiger partial charge in [-0.05, 0) is 25.5 Å². The Morgan fingerprint density at radius 2 is 2.23 bits per heavy atom. The summed E-state index contributed by atoms with van der Waals surface area (Å²) in [6.07, 6.45) is 1.70. The number of hydrogen-bond acceptors (Lipinski definition) is 2.